The maximum atomic E-state index is 12.2. The van der Waals surface area contributed by atoms with Crippen molar-refractivity contribution in [2.75, 3.05) is 13.1 Å². The van der Waals surface area contributed by atoms with Crippen molar-refractivity contribution >= 4 is 32.7 Å². The molecule has 0 aliphatic carbocycles. The van der Waals surface area contributed by atoms with Crippen LogP contribution in [-0.2, 0) is 23.0 Å². The fourth-order valence-corrected chi connectivity index (χ4v) is 4.81. The van der Waals surface area contributed by atoms with E-state index in [0.717, 1.165) is 30.8 Å². The van der Waals surface area contributed by atoms with Crippen LogP contribution in [0.2, 0.25) is 0 Å². The summed E-state index contributed by atoms with van der Waals surface area (Å²) in [4.78, 5) is 2.60. The summed E-state index contributed by atoms with van der Waals surface area (Å²) in [5.41, 5.74) is 0. The van der Waals surface area contributed by atoms with Gasteiger partial charge in [0.25, 0.3) is 0 Å². The van der Waals surface area contributed by atoms with Crippen LogP contribution in [0.3, 0.4) is 0 Å². The van der Waals surface area contributed by atoms with Gasteiger partial charge in [-0.15, -0.1) is 22.7 Å². The van der Waals surface area contributed by atoms with Crippen LogP contribution in [0.25, 0.3) is 0 Å². The second kappa shape index (κ2) is 8.05. The Balaban J connectivity index is 1.86. The lowest BCUT2D eigenvalue weighted by molar-refractivity contribution is 0.582. The summed E-state index contributed by atoms with van der Waals surface area (Å²) in [6.07, 6.45) is 1.80. The molecule has 0 radical (unpaired) electrons. The van der Waals surface area contributed by atoms with Crippen molar-refractivity contribution in [2.45, 2.75) is 31.2 Å². The summed E-state index contributed by atoms with van der Waals surface area (Å²) in [6.45, 7) is 4.21. The molecule has 0 atom stereocenters. The zero-order valence-electron chi connectivity index (χ0n) is 12.0. The number of thiophene rings is 2. The number of hydrogen-bond donors (Lipinski definition) is 2. The summed E-state index contributed by atoms with van der Waals surface area (Å²) in [6, 6.07) is 5.74. The third-order valence-corrected chi connectivity index (χ3v) is 6.37. The summed E-state index contributed by atoms with van der Waals surface area (Å²) in [7, 11) is -3.39. The van der Waals surface area contributed by atoms with Crippen molar-refractivity contribution in [3.63, 3.8) is 0 Å². The predicted octanol–water partition coefficient (Wildman–Crippen LogP) is 2.83. The van der Waals surface area contributed by atoms with Crippen LogP contribution in [0.5, 0.6) is 0 Å². The van der Waals surface area contributed by atoms with E-state index in [-0.39, 0.29) is 0 Å². The van der Waals surface area contributed by atoms with Crippen molar-refractivity contribution < 1.29 is 8.42 Å². The van der Waals surface area contributed by atoms with Crippen molar-refractivity contribution in [2.24, 2.45) is 0 Å². The van der Waals surface area contributed by atoms with Crippen LogP contribution in [0.4, 0.5) is 0 Å². The summed E-state index contributed by atoms with van der Waals surface area (Å²) in [5, 5.41) is 6.98. The van der Waals surface area contributed by atoms with Crippen molar-refractivity contribution in [3.05, 3.63) is 38.7 Å². The molecule has 0 saturated carbocycles. The number of sulfonamides is 1. The Morgan fingerprint density at radius 1 is 1.19 bits per heavy atom. The van der Waals surface area contributed by atoms with Gasteiger partial charge in [-0.3, -0.25) is 0 Å². The molecule has 0 aromatic carbocycles. The fraction of sp³-hybridized carbons (Fsp3) is 0.429. The molecule has 0 saturated heterocycles. The molecule has 4 nitrogen and oxygen atoms in total. The Morgan fingerprint density at radius 2 is 2.05 bits per heavy atom. The molecular formula is C14H20N2O2S3. The highest BCUT2D eigenvalue weighted by atomic mass is 32.2. The Hall–Kier alpha value is -0.730. The maximum absolute atomic E-state index is 12.2. The first-order valence-corrected chi connectivity index (χ1v) is 10.2. The molecule has 2 aromatic heterocycles. The lowest BCUT2D eigenvalue weighted by atomic mass is 10.3. The molecule has 0 bridgehead atoms. The molecule has 0 aliphatic rings. The van der Waals surface area contributed by atoms with Gasteiger partial charge in [0.05, 0.1) is 4.90 Å². The quantitative estimate of drug-likeness (QED) is 0.688. The van der Waals surface area contributed by atoms with E-state index in [2.05, 4.69) is 17.0 Å². The average Bonchev–Trinajstić information content (AvgIpc) is 3.10. The molecule has 0 aliphatic heterocycles. The highest BCUT2D eigenvalue weighted by molar-refractivity contribution is 7.89. The number of hydrogen-bond acceptors (Lipinski definition) is 5. The highest BCUT2D eigenvalue weighted by Crippen LogP contribution is 2.19. The monoisotopic (exact) mass is 344 g/mol. The van der Waals surface area contributed by atoms with Crippen LogP contribution in [0.15, 0.2) is 33.9 Å². The van der Waals surface area contributed by atoms with E-state index in [1.54, 1.807) is 22.8 Å². The van der Waals surface area contributed by atoms with Gasteiger partial charge in [0.15, 0.2) is 0 Å². The zero-order valence-corrected chi connectivity index (χ0v) is 14.4. The minimum atomic E-state index is -3.39. The summed E-state index contributed by atoms with van der Waals surface area (Å²) >= 11 is 3.12. The van der Waals surface area contributed by atoms with Crippen LogP contribution in [0.1, 0.15) is 23.1 Å². The smallest absolute Gasteiger partial charge is 0.241 e. The zero-order chi connectivity index (χ0) is 15.1. The first kappa shape index (κ1) is 16.6. The molecule has 0 fully saturated rings. The largest absolute Gasteiger partial charge is 0.312 e. The average molecular weight is 345 g/mol. The Bertz CT molecular complexity index is 633. The number of nitrogens with one attached hydrogen (secondary N) is 2. The van der Waals surface area contributed by atoms with E-state index in [1.165, 1.54) is 16.2 Å². The lowest BCUT2D eigenvalue weighted by Crippen LogP contribution is -2.25. The highest BCUT2D eigenvalue weighted by Gasteiger charge is 2.15. The number of rotatable bonds is 9. The van der Waals surface area contributed by atoms with E-state index in [9.17, 15) is 8.42 Å². The van der Waals surface area contributed by atoms with Crippen LogP contribution >= 0.6 is 22.7 Å². The molecule has 0 amide bonds. The normalized spacial score (nSPS) is 11.9. The first-order chi connectivity index (χ1) is 10.1. The molecule has 0 unspecified atom stereocenters. The van der Waals surface area contributed by atoms with Gasteiger partial charge in [-0.25, -0.2) is 13.1 Å². The molecule has 2 rings (SSSR count). The molecule has 0 spiro atoms. The van der Waals surface area contributed by atoms with Gasteiger partial charge in [-0.1, -0.05) is 13.0 Å². The Labute approximate surface area is 134 Å². The SMILES string of the molecule is CCCNCc1cc(S(=O)(=O)NCCc2cccs2)cs1. The van der Waals surface area contributed by atoms with Crippen LogP contribution in [0, 0.1) is 0 Å². The van der Waals surface area contributed by atoms with Gasteiger partial charge >= 0.3 is 0 Å². The second-order valence-electron chi connectivity index (χ2n) is 4.65. The Kier molecular flexibility index (Phi) is 6.38. The third kappa shape index (κ3) is 5.19. The van der Waals surface area contributed by atoms with Gasteiger partial charge in [-0.05, 0) is 36.9 Å². The van der Waals surface area contributed by atoms with Crippen molar-refractivity contribution in [1.82, 2.24) is 10.0 Å². The third-order valence-electron chi connectivity index (χ3n) is 2.91. The van der Waals surface area contributed by atoms with Gasteiger partial charge in [0, 0.05) is 28.2 Å². The van der Waals surface area contributed by atoms with Gasteiger partial charge < -0.3 is 5.32 Å². The van der Waals surface area contributed by atoms with Crippen LogP contribution < -0.4 is 10.0 Å². The van der Waals surface area contributed by atoms with E-state index in [0.29, 0.717) is 11.4 Å². The molecule has 21 heavy (non-hydrogen) atoms. The van der Waals surface area contributed by atoms with E-state index in [4.69, 9.17) is 0 Å². The molecule has 116 valence electrons. The Morgan fingerprint density at radius 3 is 2.76 bits per heavy atom. The topological polar surface area (TPSA) is 58.2 Å². The standard InChI is InChI=1S/C14H20N2O2S3/c1-2-6-15-10-13-9-14(11-20-13)21(17,18)16-7-5-12-4-3-8-19-12/h3-4,8-9,11,15-16H,2,5-7,10H2,1H3. The molecule has 2 heterocycles. The van der Waals surface area contributed by atoms with E-state index in [1.807, 2.05) is 17.5 Å². The minimum absolute atomic E-state index is 0.368. The van der Waals surface area contributed by atoms with Gasteiger partial charge in [0.1, 0.15) is 0 Å². The summed E-state index contributed by atoms with van der Waals surface area (Å²) in [5.74, 6) is 0. The van der Waals surface area contributed by atoms with Gasteiger partial charge in [0.2, 0.25) is 10.0 Å². The second-order valence-corrected chi connectivity index (χ2v) is 8.45. The fourth-order valence-electron chi connectivity index (χ4n) is 1.83. The van der Waals surface area contributed by atoms with Gasteiger partial charge in [-0.2, -0.15) is 0 Å². The molecule has 7 heteroatoms. The predicted molar refractivity (Wildman–Crippen MR) is 89.5 cm³/mol. The minimum Gasteiger partial charge on any atom is -0.312 e. The van der Waals surface area contributed by atoms with E-state index < -0.39 is 10.0 Å². The molecule has 2 aromatic rings. The van der Waals surface area contributed by atoms with Crippen molar-refractivity contribution in [3.8, 4) is 0 Å². The maximum Gasteiger partial charge on any atom is 0.241 e. The molecular weight excluding hydrogens is 324 g/mol. The van der Waals surface area contributed by atoms with E-state index >= 15 is 0 Å². The lowest BCUT2D eigenvalue weighted by Gasteiger charge is -2.04. The summed E-state index contributed by atoms with van der Waals surface area (Å²) < 4.78 is 27.0. The van der Waals surface area contributed by atoms with Crippen LogP contribution in [-0.4, -0.2) is 21.5 Å². The van der Waals surface area contributed by atoms with Crippen molar-refractivity contribution in [1.29, 1.82) is 0 Å². The first-order valence-electron chi connectivity index (χ1n) is 6.92. The molecule has 2 N–H and O–H groups in total.